The van der Waals surface area contributed by atoms with Crippen molar-refractivity contribution >= 4 is 29.4 Å². The molecule has 2 aromatic heterocycles. The maximum absolute atomic E-state index is 12.5. The first-order valence-electron chi connectivity index (χ1n) is 10.2. The molecule has 0 saturated carbocycles. The zero-order chi connectivity index (χ0) is 22.3. The first-order chi connectivity index (χ1) is 15.6. The summed E-state index contributed by atoms with van der Waals surface area (Å²) >= 11 is 1.63. The van der Waals surface area contributed by atoms with Gasteiger partial charge in [-0.2, -0.15) is 0 Å². The summed E-state index contributed by atoms with van der Waals surface area (Å²) in [7, 11) is 1.82. The number of likely N-dealkylation sites (tertiary alicyclic amines) is 1. The van der Waals surface area contributed by atoms with E-state index < -0.39 is 6.09 Å². The van der Waals surface area contributed by atoms with Crippen LogP contribution in [0.25, 0.3) is 0 Å². The van der Waals surface area contributed by atoms with E-state index in [0.29, 0.717) is 30.3 Å². The maximum atomic E-state index is 12.5. The third kappa shape index (κ3) is 5.61. The van der Waals surface area contributed by atoms with Crippen LogP contribution < -0.4 is 10.1 Å². The lowest BCUT2D eigenvalue weighted by Gasteiger charge is -2.30. The van der Waals surface area contributed by atoms with Crippen LogP contribution in [0, 0.1) is 5.92 Å². The van der Waals surface area contributed by atoms with Crippen molar-refractivity contribution in [2.75, 3.05) is 24.2 Å². The molecule has 0 bridgehead atoms. The summed E-state index contributed by atoms with van der Waals surface area (Å²) in [5.74, 6) is 1.37. The van der Waals surface area contributed by atoms with Gasteiger partial charge in [-0.1, -0.05) is 30.0 Å². The van der Waals surface area contributed by atoms with Gasteiger partial charge in [0.1, 0.15) is 0 Å². The van der Waals surface area contributed by atoms with Crippen LogP contribution in [0.15, 0.2) is 53.8 Å². The lowest BCUT2D eigenvalue weighted by atomic mass is 9.99. The first kappa shape index (κ1) is 21.8. The van der Waals surface area contributed by atoms with Crippen molar-refractivity contribution in [3.05, 3.63) is 54.2 Å². The number of anilines is 1. The molecule has 0 atom stereocenters. The van der Waals surface area contributed by atoms with E-state index in [1.165, 1.54) is 6.20 Å². The van der Waals surface area contributed by atoms with Gasteiger partial charge >= 0.3 is 6.09 Å². The number of piperidine rings is 1. The first-order valence-corrected chi connectivity index (χ1v) is 11.2. The van der Waals surface area contributed by atoms with Gasteiger partial charge in [0.05, 0.1) is 11.9 Å². The number of carbonyl (C=O) groups excluding carboxylic acids is 2. The Morgan fingerprint density at radius 3 is 2.59 bits per heavy atom. The van der Waals surface area contributed by atoms with Crippen LogP contribution >= 0.6 is 11.8 Å². The summed E-state index contributed by atoms with van der Waals surface area (Å²) in [4.78, 5) is 30.5. The van der Waals surface area contributed by atoms with E-state index in [1.807, 2.05) is 13.1 Å². The summed E-state index contributed by atoms with van der Waals surface area (Å²) < 4.78 is 7.05. The zero-order valence-corrected chi connectivity index (χ0v) is 18.4. The lowest BCUT2D eigenvalue weighted by Crippen LogP contribution is -2.40. The number of aryl methyl sites for hydroxylation is 1. The Hall–Kier alpha value is -3.47. The number of benzene rings is 1. The highest BCUT2D eigenvalue weighted by molar-refractivity contribution is 7.99. The van der Waals surface area contributed by atoms with Crippen molar-refractivity contribution in [2.45, 2.75) is 18.0 Å². The van der Waals surface area contributed by atoms with Gasteiger partial charge in [0.2, 0.25) is 11.0 Å². The van der Waals surface area contributed by atoms with Crippen LogP contribution in [0.5, 0.6) is 5.88 Å². The number of thioether (sulfide) groups is 1. The molecule has 0 radical (unpaired) electrons. The highest BCUT2D eigenvalue weighted by Crippen LogP contribution is 2.25. The van der Waals surface area contributed by atoms with Gasteiger partial charge in [-0.05, 0) is 47.4 Å². The van der Waals surface area contributed by atoms with E-state index in [4.69, 9.17) is 4.74 Å². The second kappa shape index (κ2) is 10.2. The third-order valence-corrected chi connectivity index (χ3v) is 6.37. The molecule has 2 amide bonds. The fraction of sp³-hybridized carbons (Fsp3) is 0.333. The molecule has 1 aliphatic heterocycles. The van der Waals surface area contributed by atoms with Crippen molar-refractivity contribution in [2.24, 2.45) is 13.0 Å². The normalized spacial score (nSPS) is 14.2. The van der Waals surface area contributed by atoms with Crippen LogP contribution in [0.3, 0.4) is 0 Å². The van der Waals surface area contributed by atoms with Gasteiger partial charge < -0.3 is 15.0 Å². The average molecular weight is 454 g/mol. The van der Waals surface area contributed by atoms with Crippen molar-refractivity contribution in [3.8, 4) is 5.88 Å². The number of rotatable bonds is 6. The molecule has 1 N–H and O–H groups in total. The number of aromatic nitrogens is 5. The number of hydrogen-bond donors (Lipinski definition) is 1. The van der Waals surface area contributed by atoms with E-state index >= 15 is 0 Å². The highest BCUT2D eigenvalue weighted by atomic mass is 32.2. The molecule has 1 aliphatic rings. The van der Waals surface area contributed by atoms with E-state index in [2.05, 4.69) is 25.8 Å². The Labute approximate surface area is 189 Å². The standard InChI is InChI=1S/C21H23N7O3S/c1-27-20(24-25-26-27)32-14-15-9-11-28(12-10-15)21(30)31-18-8-7-17(13-22-18)23-19(29)16-5-3-2-4-6-16/h2-8,13,15H,9-12,14H2,1H3,(H,23,29). The molecule has 3 aromatic rings. The van der Waals surface area contributed by atoms with Crippen molar-refractivity contribution in [3.63, 3.8) is 0 Å². The number of pyridine rings is 1. The van der Waals surface area contributed by atoms with E-state index in [1.54, 1.807) is 57.7 Å². The van der Waals surface area contributed by atoms with Crippen LogP contribution in [-0.4, -0.2) is 60.9 Å². The Bertz CT molecular complexity index is 1050. The number of hydrogen-bond acceptors (Lipinski definition) is 8. The number of tetrazole rings is 1. The minimum Gasteiger partial charge on any atom is -0.391 e. The molecule has 10 nitrogen and oxygen atoms in total. The van der Waals surface area contributed by atoms with Gasteiger partial charge in [0.25, 0.3) is 5.91 Å². The lowest BCUT2D eigenvalue weighted by molar-refractivity contribution is 0.102. The van der Waals surface area contributed by atoms with Crippen LogP contribution in [0.1, 0.15) is 23.2 Å². The molecule has 32 heavy (non-hydrogen) atoms. The number of carbonyl (C=O) groups is 2. The molecule has 0 aliphatic carbocycles. The zero-order valence-electron chi connectivity index (χ0n) is 17.5. The largest absolute Gasteiger partial charge is 0.416 e. The molecular weight excluding hydrogens is 430 g/mol. The fourth-order valence-electron chi connectivity index (χ4n) is 3.28. The quantitative estimate of drug-likeness (QED) is 0.567. The molecule has 1 fully saturated rings. The SMILES string of the molecule is Cn1nnnc1SCC1CCN(C(=O)Oc2ccc(NC(=O)c3ccccc3)cn2)CC1. The Balaban J connectivity index is 1.22. The monoisotopic (exact) mass is 453 g/mol. The van der Waals surface area contributed by atoms with E-state index in [9.17, 15) is 9.59 Å². The summed E-state index contributed by atoms with van der Waals surface area (Å²) in [6, 6.07) is 12.1. The predicted molar refractivity (Wildman–Crippen MR) is 118 cm³/mol. The van der Waals surface area contributed by atoms with Gasteiger partial charge in [-0.25, -0.2) is 14.5 Å². The number of nitrogens with zero attached hydrogens (tertiary/aromatic N) is 6. The van der Waals surface area contributed by atoms with Gasteiger partial charge in [0, 0.05) is 37.5 Å². The van der Waals surface area contributed by atoms with Gasteiger partial charge in [-0.15, -0.1) is 5.10 Å². The molecule has 4 rings (SSSR count). The van der Waals surface area contributed by atoms with Crippen LogP contribution in [-0.2, 0) is 7.05 Å². The predicted octanol–water partition coefficient (Wildman–Crippen LogP) is 2.86. The Kier molecular flexibility index (Phi) is 6.95. The summed E-state index contributed by atoms with van der Waals surface area (Å²) in [5, 5.41) is 15.0. The number of ether oxygens (including phenoxy) is 1. The van der Waals surface area contributed by atoms with E-state index in [0.717, 1.165) is 23.8 Å². The van der Waals surface area contributed by atoms with E-state index in [-0.39, 0.29) is 11.8 Å². The van der Waals surface area contributed by atoms with Gasteiger partial charge in [0.15, 0.2) is 0 Å². The summed E-state index contributed by atoms with van der Waals surface area (Å²) in [6.45, 7) is 1.26. The highest BCUT2D eigenvalue weighted by Gasteiger charge is 2.25. The van der Waals surface area contributed by atoms with Gasteiger partial charge in [-0.3, -0.25) is 4.79 Å². The molecule has 0 unspecified atom stereocenters. The average Bonchev–Trinajstić information content (AvgIpc) is 3.24. The van der Waals surface area contributed by atoms with Crippen molar-refractivity contribution in [1.82, 2.24) is 30.1 Å². The van der Waals surface area contributed by atoms with Crippen molar-refractivity contribution < 1.29 is 14.3 Å². The fourth-order valence-corrected chi connectivity index (χ4v) is 4.32. The van der Waals surface area contributed by atoms with Crippen molar-refractivity contribution in [1.29, 1.82) is 0 Å². The summed E-state index contributed by atoms with van der Waals surface area (Å²) in [5.41, 5.74) is 1.08. The molecule has 1 aromatic carbocycles. The second-order valence-electron chi connectivity index (χ2n) is 7.40. The number of nitrogens with one attached hydrogen (secondary N) is 1. The molecule has 3 heterocycles. The molecular formula is C21H23N7O3S. The topological polar surface area (TPSA) is 115 Å². The summed E-state index contributed by atoms with van der Waals surface area (Å²) in [6.07, 6.45) is 2.84. The third-order valence-electron chi connectivity index (χ3n) is 5.12. The maximum Gasteiger partial charge on any atom is 0.416 e. The second-order valence-corrected chi connectivity index (χ2v) is 8.39. The molecule has 11 heteroatoms. The number of amides is 2. The smallest absolute Gasteiger partial charge is 0.391 e. The molecule has 0 spiro atoms. The minimum atomic E-state index is -0.415. The van der Waals surface area contributed by atoms with Crippen LogP contribution in [0.2, 0.25) is 0 Å². The minimum absolute atomic E-state index is 0.195. The molecule has 1 saturated heterocycles. The Morgan fingerprint density at radius 2 is 1.94 bits per heavy atom. The van der Waals surface area contributed by atoms with Crippen LogP contribution in [0.4, 0.5) is 10.5 Å². The Morgan fingerprint density at radius 1 is 1.16 bits per heavy atom. The molecule has 166 valence electrons.